The van der Waals surface area contributed by atoms with Crippen molar-refractivity contribution < 1.29 is 9.53 Å². The first-order valence-electron chi connectivity index (χ1n) is 5.81. The molecular formula is C14H15N3O2. The smallest absolute Gasteiger partial charge is 0.253 e. The number of hydrogen-bond acceptors (Lipinski definition) is 4. The van der Waals surface area contributed by atoms with Crippen LogP contribution in [0.15, 0.2) is 48.7 Å². The van der Waals surface area contributed by atoms with Gasteiger partial charge in [-0.3, -0.25) is 4.79 Å². The normalized spacial score (nSPS) is 11.8. The summed E-state index contributed by atoms with van der Waals surface area (Å²) in [5.74, 6) is 0.110. The van der Waals surface area contributed by atoms with Gasteiger partial charge >= 0.3 is 0 Å². The lowest BCUT2D eigenvalue weighted by Gasteiger charge is -2.18. The first-order valence-corrected chi connectivity index (χ1v) is 5.81. The Labute approximate surface area is 111 Å². The van der Waals surface area contributed by atoms with Crippen molar-refractivity contribution in [2.24, 2.45) is 0 Å². The zero-order chi connectivity index (χ0) is 13.7. The number of carbonyl (C=O) groups excluding carboxylic acids is 1. The number of pyridine rings is 1. The highest BCUT2D eigenvalue weighted by Gasteiger charge is 2.17. The highest BCUT2D eigenvalue weighted by molar-refractivity contribution is 5.94. The topological polar surface area (TPSA) is 77.2 Å². The van der Waals surface area contributed by atoms with Crippen LogP contribution in [0.4, 0.5) is 5.82 Å². The molecule has 0 aliphatic heterocycles. The predicted octanol–water partition coefficient (Wildman–Crippen LogP) is 1.74. The molecule has 0 radical (unpaired) electrons. The van der Waals surface area contributed by atoms with Crippen molar-refractivity contribution in [1.29, 1.82) is 0 Å². The Balaban J connectivity index is 2.17. The van der Waals surface area contributed by atoms with Gasteiger partial charge in [0.15, 0.2) is 6.23 Å². The van der Waals surface area contributed by atoms with Gasteiger partial charge in [0, 0.05) is 24.4 Å². The lowest BCUT2D eigenvalue weighted by molar-refractivity contribution is 0.0577. The minimum absolute atomic E-state index is 0.226. The van der Waals surface area contributed by atoms with Crippen LogP contribution < -0.4 is 11.1 Å². The maximum absolute atomic E-state index is 12.0. The van der Waals surface area contributed by atoms with Crippen LogP contribution in [-0.4, -0.2) is 18.0 Å². The van der Waals surface area contributed by atoms with Gasteiger partial charge in [-0.15, -0.1) is 0 Å². The van der Waals surface area contributed by atoms with E-state index >= 15 is 0 Å². The number of rotatable bonds is 4. The largest absolute Gasteiger partial charge is 0.383 e. The molecule has 0 spiro atoms. The minimum atomic E-state index is -0.624. The number of hydrogen-bond donors (Lipinski definition) is 2. The van der Waals surface area contributed by atoms with Crippen LogP contribution in [0, 0.1) is 0 Å². The molecule has 1 aromatic carbocycles. The Kier molecular flexibility index (Phi) is 4.10. The van der Waals surface area contributed by atoms with Crippen LogP contribution in [0.3, 0.4) is 0 Å². The van der Waals surface area contributed by atoms with Crippen molar-refractivity contribution in [2.45, 2.75) is 6.23 Å². The third kappa shape index (κ3) is 3.08. The zero-order valence-corrected chi connectivity index (χ0v) is 10.5. The highest BCUT2D eigenvalue weighted by Crippen LogP contribution is 2.18. The molecule has 2 rings (SSSR count). The van der Waals surface area contributed by atoms with Crippen molar-refractivity contribution in [3.8, 4) is 0 Å². The van der Waals surface area contributed by atoms with E-state index < -0.39 is 6.23 Å². The van der Waals surface area contributed by atoms with Gasteiger partial charge in [0.1, 0.15) is 5.82 Å². The number of methoxy groups -OCH3 is 1. The molecule has 0 aliphatic carbocycles. The molecular weight excluding hydrogens is 242 g/mol. The number of carbonyl (C=O) groups is 1. The average Bonchev–Trinajstić information content (AvgIpc) is 2.46. The number of nitrogens with one attached hydrogen (secondary N) is 1. The van der Waals surface area contributed by atoms with Gasteiger partial charge in [0.25, 0.3) is 5.91 Å². The fourth-order valence-electron chi connectivity index (χ4n) is 1.71. The first-order chi connectivity index (χ1) is 9.22. The SMILES string of the molecule is COC(NC(=O)c1ccccc1)c1cccnc1N. The number of ether oxygens (including phenoxy) is 1. The molecule has 1 unspecified atom stereocenters. The maximum Gasteiger partial charge on any atom is 0.253 e. The lowest BCUT2D eigenvalue weighted by atomic mass is 10.2. The van der Waals surface area contributed by atoms with Gasteiger partial charge in [-0.05, 0) is 24.3 Å². The van der Waals surface area contributed by atoms with E-state index in [4.69, 9.17) is 10.5 Å². The van der Waals surface area contributed by atoms with Gasteiger partial charge in [0.05, 0.1) is 0 Å². The van der Waals surface area contributed by atoms with Crippen LogP contribution in [0.5, 0.6) is 0 Å². The predicted molar refractivity (Wildman–Crippen MR) is 72.3 cm³/mol. The summed E-state index contributed by atoms with van der Waals surface area (Å²) in [5.41, 5.74) is 6.96. The fourth-order valence-corrected chi connectivity index (χ4v) is 1.71. The molecule has 1 heterocycles. The summed E-state index contributed by atoms with van der Waals surface area (Å²) >= 11 is 0. The summed E-state index contributed by atoms with van der Waals surface area (Å²) in [6.45, 7) is 0. The van der Waals surface area contributed by atoms with E-state index in [1.807, 2.05) is 6.07 Å². The molecule has 1 atom stereocenters. The summed E-state index contributed by atoms with van der Waals surface area (Å²) in [7, 11) is 1.50. The van der Waals surface area contributed by atoms with Crippen molar-refractivity contribution in [3.05, 3.63) is 59.8 Å². The highest BCUT2D eigenvalue weighted by atomic mass is 16.5. The summed E-state index contributed by atoms with van der Waals surface area (Å²) in [4.78, 5) is 16.0. The molecule has 98 valence electrons. The number of nitrogens with zero attached hydrogens (tertiary/aromatic N) is 1. The Morgan fingerprint density at radius 1 is 1.26 bits per heavy atom. The second kappa shape index (κ2) is 5.97. The molecule has 1 amide bonds. The Morgan fingerprint density at radius 2 is 2.00 bits per heavy atom. The zero-order valence-electron chi connectivity index (χ0n) is 10.5. The van der Waals surface area contributed by atoms with Crippen molar-refractivity contribution in [2.75, 3.05) is 12.8 Å². The second-order valence-corrected chi connectivity index (χ2v) is 3.93. The monoisotopic (exact) mass is 257 g/mol. The van der Waals surface area contributed by atoms with Crippen LogP contribution >= 0.6 is 0 Å². The summed E-state index contributed by atoms with van der Waals surface area (Å²) < 4.78 is 5.26. The van der Waals surface area contributed by atoms with E-state index in [2.05, 4.69) is 10.3 Å². The van der Waals surface area contributed by atoms with Gasteiger partial charge in [-0.2, -0.15) is 0 Å². The maximum atomic E-state index is 12.0. The third-order valence-corrected chi connectivity index (χ3v) is 2.69. The Hall–Kier alpha value is -2.40. The summed E-state index contributed by atoms with van der Waals surface area (Å²) in [6, 6.07) is 12.4. The number of aromatic nitrogens is 1. The van der Waals surface area contributed by atoms with Crippen LogP contribution in [-0.2, 0) is 4.74 Å². The molecule has 5 heteroatoms. The van der Waals surface area contributed by atoms with Crippen molar-refractivity contribution in [3.63, 3.8) is 0 Å². The Bertz CT molecular complexity index is 558. The van der Waals surface area contributed by atoms with Gasteiger partial charge in [-0.1, -0.05) is 18.2 Å². The first kappa shape index (κ1) is 13.0. The van der Waals surface area contributed by atoms with E-state index in [1.165, 1.54) is 7.11 Å². The van der Waals surface area contributed by atoms with E-state index in [0.29, 0.717) is 16.9 Å². The number of amides is 1. The van der Waals surface area contributed by atoms with E-state index in [-0.39, 0.29) is 5.91 Å². The van der Waals surface area contributed by atoms with E-state index in [1.54, 1.807) is 42.6 Å². The summed E-state index contributed by atoms with van der Waals surface area (Å²) in [6.07, 6.45) is 0.964. The number of nitrogens with two attached hydrogens (primary N) is 1. The number of benzene rings is 1. The van der Waals surface area contributed by atoms with E-state index in [0.717, 1.165) is 0 Å². The molecule has 5 nitrogen and oxygen atoms in total. The fraction of sp³-hybridized carbons (Fsp3) is 0.143. The second-order valence-electron chi connectivity index (χ2n) is 3.93. The molecule has 0 bridgehead atoms. The molecule has 0 fully saturated rings. The van der Waals surface area contributed by atoms with Crippen LogP contribution in [0.2, 0.25) is 0 Å². The molecule has 2 aromatic rings. The lowest BCUT2D eigenvalue weighted by Crippen LogP contribution is -2.30. The molecule has 3 N–H and O–H groups in total. The van der Waals surface area contributed by atoms with E-state index in [9.17, 15) is 4.79 Å². The van der Waals surface area contributed by atoms with Crippen molar-refractivity contribution >= 4 is 11.7 Å². The van der Waals surface area contributed by atoms with Crippen LogP contribution in [0.25, 0.3) is 0 Å². The number of nitrogen functional groups attached to an aromatic ring is 1. The van der Waals surface area contributed by atoms with Crippen molar-refractivity contribution in [1.82, 2.24) is 10.3 Å². The quantitative estimate of drug-likeness (QED) is 0.818. The average molecular weight is 257 g/mol. The minimum Gasteiger partial charge on any atom is -0.383 e. The molecule has 19 heavy (non-hydrogen) atoms. The third-order valence-electron chi connectivity index (χ3n) is 2.69. The van der Waals surface area contributed by atoms with Crippen LogP contribution in [0.1, 0.15) is 22.1 Å². The molecule has 0 saturated carbocycles. The summed E-state index contributed by atoms with van der Waals surface area (Å²) in [5, 5.41) is 2.76. The Morgan fingerprint density at radius 3 is 2.63 bits per heavy atom. The standard InChI is InChI=1S/C14H15N3O2/c1-19-14(11-8-5-9-16-12(11)15)17-13(18)10-6-3-2-4-7-10/h2-9,14H,1H3,(H2,15,16)(H,17,18). The molecule has 0 saturated heterocycles. The molecule has 1 aromatic heterocycles. The van der Waals surface area contributed by atoms with Gasteiger partial charge < -0.3 is 15.8 Å². The van der Waals surface area contributed by atoms with Gasteiger partial charge in [-0.25, -0.2) is 4.98 Å². The molecule has 0 aliphatic rings. The number of anilines is 1. The van der Waals surface area contributed by atoms with Gasteiger partial charge in [0.2, 0.25) is 0 Å².